The minimum absolute atomic E-state index is 0.210. The average molecular weight is 347 g/mol. The van der Waals surface area contributed by atoms with Gasteiger partial charge in [0.05, 0.1) is 0 Å². The van der Waals surface area contributed by atoms with Crippen LogP contribution < -0.4 is 14.8 Å². The zero-order chi connectivity index (χ0) is 18.4. The number of fused-ring (bicyclic) bond motifs is 1. The highest BCUT2D eigenvalue weighted by molar-refractivity contribution is 5.95. The molecule has 0 radical (unpaired) electrons. The van der Waals surface area contributed by atoms with Gasteiger partial charge in [-0.25, -0.2) is 0 Å². The molecule has 0 bridgehead atoms. The van der Waals surface area contributed by atoms with Gasteiger partial charge in [0, 0.05) is 11.1 Å². The lowest BCUT2D eigenvalue weighted by Gasteiger charge is -2.16. The van der Waals surface area contributed by atoms with Crippen LogP contribution in [0.25, 0.3) is 10.8 Å². The summed E-state index contributed by atoms with van der Waals surface area (Å²) in [5, 5.41) is 4.91. The van der Waals surface area contributed by atoms with Crippen LogP contribution in [-0.2, 0) is 4.79 Å². The smallest absolute Gasteiger partial charge is 0.265 e. The molecule has 4 heteroatoms. The molecule has 1 atom stereocenters. The van der Waals surface area contributed by atoms with Crippen molar-refractivity contribution in [2.45, 2.75) is 13.0 Å². The van der Waals surface area contributed by atoms with Gasteiger partial charge in [0.25, 0.3) is 5.91 Å². The molecule has 0 saturated heterocycles. The van der Waals surface area contributed by atoms with Crippen LogP contribution >= 0.6 is 0 Å². The van der Waals surface area contributed by atoms with E-state index in [1.165, 1.54) is 0 Å². The van der Waals surface area contributed by atoms with Crippen molar-refractivity contribution in [1.29, 1.82) is 0 Å². The second-order valence-corrected chi connectivity index (χ2v) is 5.85. The van der Waals surface area contributed by atoms with Gasteiger partial charge in [0.15, 0.2) is 6.10 Å². The van der Waals surface area contributed by atoms with E-state index in [4.69, 9.17) is 9.47 Å². The van der Waals surface area contributed by atoms with E-state index in [1.54, 1.807) is 37.3 Å². The Bertz CT molecular complexity index is 897. The van der Waals surface area contributed by atoms with Gasteiger partial charge in [-0.2, -0.15) is 0 Å². The molecule has 4 nitrogen and oxygen atoms in total. The van der Waals surface area contributed by atoms with Gasteiger partial charge >= 0.3 is 0 Å². The minimum atomic E-state index is -0.627. The molecule has 3 rings (SSSR count). The van der Waals surface area contributed by atoms with Crippen LogP contribution in [0.3, 0.4) is 0 Å². The maximum atomic E-state index is 12.4. The van der Waals surface area contributed by atoms with E-state index >= 15 is 0 Å². The SMILES string of the molecule is C=CCOc1ccc(NC(=O)[C@H](C)Oc2cccc3ccccc23)cc1. The summed E-state index contributed by atoms with van der Waals surface area (Å²) in [6.07, 6.45) is 1.06. The van der Waals surface area contributed by atoms with Crippen molar-refractivity contribution < 1.29 is 14.3 Å². The Kier molecular flexibility index (Phi) is 5.54. The zero-order valence-electron chi connectivity index (χ0n) is 14.6. The average Bonchev–Trinajstić information content (AvgIpc) is 2.67. The number of rotatable bonds is 7. The number of amides is 1. The molecule has 0 aliphatic rings. The van der Waals surface area contributed by atoms with Gasteiger partial charge in [-0.05, 0) is 42.6 Å². The van der Waals surface area contributed by atoms with Crippen LogP contribution in [0.2, 0.25) is 0 Å². The molecule has 1 N–H and O–H groups in total. The Morgan fingerprint density at radius 1 is 1.08 bits per heavy atom. The van der Waals surface area contributed by atoms with Gasteiger partial charge in [-0.15, -0.1) is 0 Å². The van der Waals surface area contributed by atoms with Crippen molar-refractivity contribution in [3.63, 3.8) is 0 Å². The summed E-state index contributed by atoms with van der Waals surface area (Å²) in [5.41, 5.74) is 0.689. The third-order valence-electron chi connectivity index (χ3n) is 3.91. The number of benzene rings is 3. The van der Waals surface area contributed by atoms with Gasteiger partial charge < -0.3 is 14.8 Å². The van der Waals surface area contributed by atoms with Crippen molar-refractivity contribution >= 4 is 22.4 Å². The molecule has 3 aromatic carbocycles. The van der Waals surface area contributed by atoms with E-state index in [9.17, 15) is 4.79 Å². The molecule has 0 fully saturated rings. The van der Waals surface area contributed by atoms with Crippen LogP contribution in [0.15, 0.2) is 79.4 Å². The molecule has 0 saturated carbocycles. The predicted molar refractivity (Wildman–Crippen MR) is 105 cm³/mol. The second kappa shape index (κ2) is 8.21. The zero-order valence-corrected chi connectivity index (χ0v) is 14.6. The van der Waals surface area contributed by atoms with Crippen LogP contribution in [0, 0.1) is 0 Å². The van der Waals surface area contributed by atoms with Crippen LogP contribution in [0.4, 0.5) is 5.69 Å². The number of nitrogens with one attached hydrogen (secondary N) is 1. The van der Waals surface area contributed by atoms with E-state index in [0.29, 0.717) is 18.0 Å². The first-order chi connectivity index (χ1) is 12.7. The van der Waals surface area contributed by atoms with E-state index in [1.807, 2.05) is 42.5 Å². The maximum absolute atomic E-state index is 12.4. The van der Waals surface area contributed by atoms with Crippen LogP contribution in [0.5, 0.6) is 11.5 Å². The summed E-state index contributed by atoms with van der Waals surface area (Å²) >= 11 is 0. The van der Waals surface area contributed by atoms with Crippen molar-refractivity contribution in [2.24, 2.45) is 0 Å². The summed E-state index contributed by atoms with van der Waals surface area (Å²) < 4.78 is 11.3. The molecule has 3 aromatic rings. The van der Waals surface area contributed by atoms with Crippen molar-refractivity contribution in [1.82, 2.24) is 0 Å². The number of carbonyl (C=O) groups excluding carboxylic acids is 1. The summed E-state index contributed by atoms with van der Waals surface area (Å²) in [4.78, 5) is 12.4. The van der Waals surface area contributed by atoms with E-state index < -0.39 is 6.10 Å². The fourth-order valence-electron chi connectivity index (χ4n) is 2.58. The largest absolute Gasteiger partial charge is 0.490 e. The highest BCUT2D eigenvalue weighted by Crippen LogP contribution is 2.26. The van der Waals surface area contributed by atoms with Crippen LogP contribution in [0.1, 0.15) is 6.92 Å². The molecule has 0 spiro atoms. The van der Waals surface area contributed by atoms with Crippen LogP contribution in [-0.4, -0.2) is 18.6 Å². The molecule has 0 aromatic heterocycles. The van der Waals surface area contributed by atoms with Gasteiger partial charge in [-0.1, -0.05) is 49.1 Å². The third-order valence-corrected chi connectivity index (χ3v) is 3.91. The number of hydrogen-bond donors (Lipinski definition) is 1. The molecule has 0 unspecified atom stereocenters. The van der Waals surface area contributed by atoms with Gasteiger partial charge in [0.2, 0.25) is 0 Å². The maximum Gasteiger partial charge on any atom is 0.265 e. The Balaban J connectivity index is 1.65. The Hall–Kier alpha value is -3.27. The van der Waals surface area contributed by atoms with E-state index in [0.717, 1.165) is 16.5 Å². The highest BCUT2D eigenvalue weighted by atomic mass is 16.5. The Morgan fingerprint density at radius 3 is 2.58 bits per heavy atom. The summed E-state index contributed by atoms with van der Waals surface area (Å²) in [6.45, 7) is 5.79. The third kappa shape index (κ3) is 4.22. The molecule has 0 aliphatic carbocycles. The van der Waals surface area contributed by atoms with Gasteiger partial charge in [-0.3, -0.25) is 4.79 Å². The standard InChI is InChI=1S/C22H21NO3/c1-3-15-25-19-13-11-18(12-14-19)23-22(24)16(2)26-21-10-6-8-17-7-4-5-9-20(17)21/h3-14,16H,1,15H2,2H3,(H,23,24)/t16-/m0/s1. The quantitative estimate of drug-likeness (QED) is 0.624. The van der Waals surface area contributed by atoms with E-state index in [-0.39, 0.29) is 5.91 Å². The molecule has 0 aliphatic heterocycles. The van der Waals surface area contributed by atoms with Crippen molar-refractivity contribution in [3.05, 3.63) is 79.4 Å². The predicted octanol–water partition coefficient (Wildman–Crippen LogP) is 4.81. The molecular weight excluding hydrogens is 326 g/mol. The molecular formula is C22H21NO3. The molecule has 26 heavy (non-hydrogen) atoms. The first-order valence-electron chi connectivity index (χ1n) is 8.46. The molecule has 1 amide bonds. The summed E-state index contributed by atoms with van der Waals surface area (Å²) in [5.74, 6) is 1.21. The Labute approximate surface area is 153 Å². The van der Waals surface area contributed by atoms with Crippen molar-refractivity contribution in [3.8, 4) is 11.5 Å². The first-order valence-corrected chi connectivity index (χ1v) is 8.46. The normalized spacial score (nSPS) is 11.6. The topological polar surface area (TPSA) is 47.6 Å². The van der Waals surface area contributed by atoms with Crippen molar-refractivity contribution in [2.75, 3.05) is 11.9 Å². The molecule has 132 valence electrons. The summed E-state index contributed by atoms with van der Waals surface area (Å²) in [6, 6.07) is 20.9. The van der Waals surface area contributed by atoms with E-state index in [2.05, 4.69) is 11.9 Å². The number of anilines is 1. The lowest BCUT2D eigenvalue weighted by Crippen LogP contribution is -2.30. The monoisotopic (exact) mass is 347 g/mol. The lowest BCUT2D eigenvalue weighted by atomic mass is 10.1. The number of hydrogen-bond acceptors (Lipinski definition) is 3. The fourth-order valence-corrected chi connectivity index (χ4v) is 2.58. The number of ether oxygens (including phenoxy) is 2. The lowest BCUT2D eigenvalue weighted by molar-refractivity contribution is -0.122. The minimum Gasteiger partial charge on any atom is -0.490 e. The molecule has 0 heterocycles. The Morgan fingerprint density at radius 2 is 1.81 bits per heavy atom. The fraction of sp³-hybridized carbons (Fsp3) is 0.136. The number of carbonyl (C=O) groups is 1. The van der Waals surface area contributed by atoms with Gasteiger partial charge in [0.1, 0.15) is 18.1 Å². The second-order valence-electron chi connectivity index (χ2n) is 5.85. The highest BCUT2D eigenvalue weighted by Gasteiger charge is 2.16. The first kappa shape index (κ1) is 17.5. The summed E-state index contributed by atoms with van der Waals surface area (Å²) in [7, 11) is 0.